The summed E-state index contributed by atoms with van der Waals surface area (Å²) in [5, 5.41) is 16.1. The van der Waals surface area contributed by atoms with Gasteiger partial charge < -0.3 is 5.11 Å². The molecule has 1 aliphatic carbocycles. The predicted octanol–water partition coefficient (Wildman–Crippen LogP) is 4.98. The number of carbonyl (C=O) groups excluding carboxylic acids is 1. The number of hydrogen-bond donors (Lipinski definition) is 0. The number of Topliss-reactive ketones (excluding diaryl/α,β-unsaturated/α-hetero) is 1. The number of rotatable bonds is 3. The number of carbonyl (C=O) groups is 1. The van der Waals surface area contributed by atoms with E-state index in [9.17, 15) is 9.90 Å². The number of hydrogen-bond acceptors (Lipinski definition) is 4. The van der Waals surface area contributed by atoms with E-state index in [0.29, 0.717) is 29.3 Å². The van der Waals surface area contributed by atoms with Crippen molar-refractivity contribution in [3.63, 3.8) is 0 Å². The number of ketones is 1. The van der Waals surface area contributed by atoms with E-state index in [1.165, 1.54) is 0 Å². The highest BCUT2D eigenvalue weighted by Gasteiger charge is 2.25. The van der Waals surface area contributed by atoms with Crippen LogP contribution in [0, 0.1) is 6.92 Å². The largest absolute Gasteiger partial charge is 0.872 e. The second kappa shape index (κ2) is 7.52. The monoisotopic (exact) mass is 395 g/mol. The quantitative estimate of drug-likeness (QED) is 0.459. The molecule has 5 rings (SSSR count). The van der Waals surface area contributed by atoms with Gasteiger partial charge in [-0.2, -0.15) is 0 Å². The Morgan fingerprint density at radius 2 is 1.83 bits per heavy atom. The average molecular weight is 395 g/mol. The van der Waals surface area contributed by atoms with E-state index in [1.807, 2.05) is 43.5 Å². The molecule has 0 aliphatic heterocycles. The molecular weight excluding hydrogens is 372 g/mol. The summed E-state index contributed by atoms with van der Waals surface area (Å²) in [6, 6.07) is 14.1. The van der Waals surface area contributed by atoms with E-state index in [-0.39, 0.29) is 17.5 Å². The van der Waals surface area contributed by atoms with E-state index in [4.69, 9.17) is 0 Å². The summed E-state index contributed by atoms with van der Waals surface area (Å²) in [6.07, 6.45) is 7.44. The van der Waals surface area contributed by atoms with Crippen molar-refractivity contribution in [1.82, 2.24) is 9.97 Å². The maximum Gasteiger partial charge on any atom is 0.140 e. The molecule has 2 heterocycles. The van der Waals surface area contributed by atoms with Gasteiger partial charge in [0.15, 0.2) is 0 Å². The van der Waals surface area contributed by atoms with E-state index in [1.54, 1.807) is 6.20 Å². The Kier molecular flexibility index (Phi) is 4.70. The molecule has 2 aromatic heterocycles. The smallest absolute Gasteiger partial charge is 0.140 e. The van der Waals surface area contributed by atoms with Crippen LogP contribution >= 0.6 is 0 Å². The highest BCUT2D eigenvalue weighted by atomic mass is 16.3. The van der Waals surface area contributed by atoms with Crippen molar-refractivity contribution in [1.29, 1.82) is 0 Å². The van der Waals surface area contributed by atoms with E-state index >= 15 is 0 Å². The average Bonchev–Trinajstić information content (AvgIpc) is 2.77. The van der Waals surface area contributed by atoms with Crippen LogP contribution in [-0.4, -0.2) is 15.8 Å². The molecule has 4 aromatic rings. The predicted molar refractivity (Wildman–Crippen MR) is 117 cm³/mol. The lowest BCUT2D eigenvalue weighted by molar-refractivity contribution is -0.267. The summed E-state index contributed by atoms with van der Waals surface area (Å²) in [6.45, 7) is 1.97. The van der Waals surface area contributed by atoms with Gasteiger partial charge in [-0.1, -0.05) is 42.5 Å². The maximum absolute atomic E-state index is 13.5. The number of benzene rings is 2. The Morgan fingerprint density at radius 3 is 2.60 bits per heavy atom. The van der Waals surface area contributed by atoms with Crippen molar-refractivity contribution >= 4 is 27.5 Å². The van der Waals surface area contributed by atoms with Gasteiger partial charge in [0.2, 0.25) is 0 Å². The van der Waals surface area contributed by atoms with Crippen molar-refractivity contribution in [3.8, 4) is 5.75 Å². The molecule has 1 atom stereocenters. The molecule has 30 heavy (non-hydrogen) atoms. The molecule has 1 fully saturated rings. The highest BCUT2D eigenvalue weighted by molar-refractivity contribution is 6.09. The number of fused-ring (bicyclic) bond motifs is 3. The zero-order chi connectivity index (χ0) is 20.7. The molecule has 4 nitrogen and oxygen atoms in total. The fourth-order valence-electron chi connectivity index (χ4n) is 4.62. The van der Waals surface area contributed by atoms with Crippen LogP contribution < -0.4 is 5.11 Å². The SMILES string of the molecule is Cc1ccc(Cc2cc3c([O-])c(C4CCCCC4=O)cnc3c3ccccc23)cn1. The minimum Gasteiger partial charge on any atom is -0.872 e. The molecule has 150 valence electrons. The first-order valence-electron chi connectivity index (χ1n) is 10.6. The summed E-state index contributed by atoms with van der Waals surface area (Å²) < 4.78 is 0. The second-order valence-corrected chi connectivity index (χ2v) is 8.27. The lowest BCUT2D eigenvalue weighted by Crippen LogP contribution is -2.19. The molecule has 0 radical (unpaired) electrons. The van der Waals surface area contributed by atoms with E-state index in [2.05, 4.69) is 22.1 Å². The molecule has 1 aliphatic rings. The Balaban J connectivity index is 1.70. The molecule has 0 spiro atoms. The number of pyridine rings is 2. The minimum absolute atomic E-state index is 0.0470. The van der Waals surface area contributed by atoms with Gasteiger partial charge in [-0.05, 0) is 65.8 Å². The van der Waals surface area contributed by atoms with Gasteiger partial charge in [-0.15, -0.1) is 0 Å². The van der Waals surface area contributed by atoms with Crippen LogP contribution in [0.25, 0.3) is 21.7 Å². The van der Waals surface area contributed by atoms with Gasteiger partial charge in [0.25, 0.3) is 0 Å². The molecule has 1 saturated carbocycles. The normalized spacial score (nSPS) is 17.0. The maximum atomic E-state index is 13.5. The summed E-state index contributed by atoms with van der Waals surface area (Å²) in [4.78, 5) is 21.5. The van der Waals surface area contributed by atoms with Crippen LogP contribution in [0.3, 0.4) is 0 Å². The van der Waals surface area contributed by atoms with Crippen molar-refractivity contribution < 1.29 is 9.90 Å². The third-order valence-corrected chi connectivity index (χ3v) is 6.24. The fraction of sp³-hybridized carbons (Fsp3) is 0.269. The van der Waals surface area contributed by atoms with Crippen LogP contribution in [0.2, 0.25) is 0 Å². The number of nitrogens with zero attached hydrogens (tertiary/aromatic N) is 2. The zero-order valence-corrected chi connectivity index (χ0v) is 17.0. The van der Waals surface area contributed by atoms with Crippen molar-refractivity contribution in [3.05, 3.63) is 77.2 Å². The topological polar surface area (TPSA) is 65.9 Å². The lowest BCUT2D eigenvalue weighted by Gasteiger charge is -2.26. The van der Waals surface area contributed by atoms with Crippen LogP contribution in [0.1, 0.15) is 54.0 Å². The fourth-order valence-corrected chi connectivity index (χ4v) is 4.62. The van der Waals surface area contributed by atoms with Gasteiger partial charge >= 0.3 is 0 Å². The van der Waals surface area contributed by atoms with Crippen molar-refractivity contribution in [2.75, 3.05) is 0 Å². The minimum atomic E-state index is -0.306. The Morgan fingerprint density at radius 1 is 1.00 bits per heavy atom. The van der Waals surface area contributed by atoms with Gasteiger partial charge in [0.1, 0.15) is 5.78 Å². The molecule has 1 unspecified atom stereocenters. The molecule has 4 heteroatoms. The lowest BCUT2D eigenvalue weighted by atomic mass is 9.82. The number of aryl methyl sites for hydroxylation is 1. The van der Waals surface area contributed by atoms with Crippen LogP contribution in [0.4, 0.5) is 0 Å². The van der Waals surface area contributed by atoms with Crippen LogP contribution in [0.15, 0.2) is 54.9 Å². The third kappa shape index (κ3) is 3.22. The molecule has 0 bridgehead atoms. The Hall–Kier alpha value is -3.27. The highest BCUT2D eigenvalue weighted by Crippen LogP contribution is 2.39. The molecular formula is C26H23N2O2-. The number of aromatic nitrogens is 2. The summed E-state index contributed by atoms with van der Waals surface area (Å²) in [5.41, 5.74) is 4.44. The van der Waals surface area contributed by atoms with E-state index in [0.717, 1.165) is 46.9 Å². The third-order valence-electron chi connectivity index (χ3n) is 6.24. The molecule has 2 aromatic carbocycles. The first kappa shape index (κ1) is 18.7. The van der Waals surface area contributed by atoms with Crippen LogP contribution in [0.5, 0.6) is 5.75 Å². The molecule has 0 N–H and O–H groups in total. The van der Waals surface area contributed by atoms with E-state index < -0.39 is 0 Å². The standard InChI is InChI=1S/C26H24N2O2/c1-16-10-11-17(14-27-16)12-18-13-22-25(21-8-3-2-6-19(18)21)28-15-23(26(22)30)20-7-4-5-9-24(20)29/h2-3,6,8,10-11,13-15,20H,4-5,7,9,12H2,1H3,(H,28,30)/p-1. The molecule has 0 amide bonds. The van der Waals surface area contributed by atoms with Gasteiger partial charge in [0, 0.05) is 35.8 Å². The zero-order valence-electron chi connectivity index (χ0n) is 17.0. The summed E-state index contributed by atoms with van der Waals surface area (Å²) in [5.74, 6) is -0.181. The first-order valence-corrected chi connectivity index (χ1v) is 10.6. The second-order valence-electron chi connectivity index (χ2n) is 8.27. The Labute approximate surface area is 175 Å². The molecule has 0 saturated heterocycles. The van der Waals surface area contributed by atoms with Gasteiger partial charge in [0.05, 0.1) is 5.52 Å². The van der Waals surface area contributed by atoms with Crippen molar-refractivity contribution in [2.45, 2.75) is 44.9 Å². The van der Waals surface area contributed by atoms with Crippen LogP contribution in [-0.2, 0) is 11.2 Å². The summed E-state index contributed by atoms with van der Waals surface area (Å²) in [7, 11) is 0. The van der Waals surface area contributed by atoms with Crippen molar-refractivity contribution in [2.24, 2.45) is 0 Å². The van der Waals surface area contributed by atoms with Gasteiger partial charge in [-0.25, -0.2) is 0 Å². The van der Waals surface area contributed by atoms with Gasteiger partial charge in [-0.3, -0.25) is 14.8 Å². The Bertz CT molecular complexity index is 1260. The first-order chi connectivity index (χ1) is 14.6. The summed E-state index contributed by atoms with van der Waals surface area (Å²) >= 11 is 0.